The van der Waals surface area contributed by atoms with Gasteiger partial charge in [0.15, 0.2) is 0 Å². The molecule has 2 aromatic carbocycles. The second kappa shape index (κ2) is 4.56. The van der Waals surface area contributed by atoms with Crippen molar-refractivity contribution in [1.29, 1.82) is 0 Å². The molecular weight excluding hydrogens is 318 g/mol. The van der Waals surface area contributed by atoms with Gasteiger partial charge in [-0.3, -0.25) is 9.59 Å². The summed E-state index contributed by atoms with van der Waals surface area (Å²) in [4.78, 5) is 25.6. The minimum absolute atomic E-state index is 0.232. The molecule has 0 saturated carbocycles. The maximum atomic E-state index is 12.2. The Morgan fingerprint density at radius 1 is 0.850 bits per heavy atom. The number of anilines is 1. The number of imide groups is 1. The van der Waals surface area contributed by atoms with Crippen LogP contribution in [0.4, 0.5) is 5.69 Å². The van der Waals surface area contributed by atoms with Crippen LogP contribution in [0.3, 0.4) is 0 Å². The van der Waals surface area contributed by atoms with Gasteiger partial charge in [0.05, 0.1) is 5.69 Å². The van der Waals surface area contributed by atoms with Crippen molar-refractivity contribution < 1.29 is 9.59 Å². The summed E-state index contributed by atoms with van der Waals surface area (Å²) >= 11 is 3.43. The molecule has 0 fully saturated rings. The molecule has 20 heavy (non-hydrogen) atoms. The summed E-state index contributed by atoms with van der Waals surface area (Å²) in [6.45, 7) is 3.38. The number of benzene rings is 2. The van der Waals surface area contributed by atoms with Gasteiger partial charge in [0.2, 0.25) is 0 Å². The second-order valence-electron chi connectivity index (χ2n) is 4.87. The fourth-order valence-corrected chi connectivity index (χ4v) is 2.70. The Hall–Kier alpha value is -1.94. The highest BCUT2D eigenvalue weighted by atomic mass is 79.9. The molecule has 0 N–H and O–H groups in total. The van der Waals surface area contributed by atoms with Gasteiger partial charge < -0.3 is 0 Å². The number of fused-ring (bicyclic) bond motifs is 1. The summed E-state index contributed by atoms with van der Waals surface area (Å²) in [6, 6.07) is 11.5. The molecule has 3 nitrogen and oxygen atoms in total. The number of nitrogens with zero attached hydrogens (tertiary/aromatic N) is 1. The standard InChI is InChI=1S/C16H12BrNO2/c1-9-10(2)16(20)18(15(9)19)14-6-4-11-7-13(17)5-3-12(11)8-14/h3-8H,1-2H3. The summed E-state index contributed by atoms with van der Waals surface area (Å²) in [5, 5.41) is 2.05. The Morgan fingerprint density at radius 2 is 1.40 bits per heavy atom. The van der Waals surface area contributed by atoms with E-state index in [-0.39, 0.29) is 11.8 Å². The number of halogens is 1. The Balaban J connectivity index is 2.10. The molecule has 1 heterocycles. The van der Waals surface area contributed by atoms with Crippen LogP contribution in [0.2, 0.25) is 0 Å². The maximum absolute atomic E-state index is 12.2. The highest BCUT2D eigenvalue weighted by molar-refractivity contribution is 9.10. The molecule has 1 aliphatic rings. The van der Waals surface area contributed by atoms with E-state index in [1.54, 1.807) is 19.9 Å². The van der Waals surface area contributed by atoms with Crippen LogP contribution in [0.5, 0.6) is 0 Å². The molecule has 2 aromatic rings. The number of carbonyl (C=O) groups is 2. The first kappa shape index (κ1) is 13.1. The van der Waals surface area contributed by atoms with Crippen molar-refractivity contribution in [2.45, 2.75) is 13.8 Å². The van der Waals surface area contributed by atoms with E-state index in [1.165, 1.54) is 4.90 Å². The van der Waals surface area contributed by atoms with E-state index < -0.39 is 0 Å². The van der Waals surface area contributed by atoms with Crippen molar-refractivity contribution in [2.75, 3.05) is 4.90 Å². The second-order valence-corrected chi connectivity index (χ2v) is 5.79. The predicted octanol–water partition coefficient (Wildman–Crippen LogP) is 3.81. The van der Waals surface area contributed by atoms with Gasteiger partial charge in [-0.2, -0.15) is 0 Å². The van der Waals surface area contributed by atoms with E-state index >= 15 is 0 Å². The molecule has 0 spiro atoms. The highest BCUT2D eigenvalue weighted by Crippen LogP contribution is 2.30. The highest BCUT2D eigenvalue weighted by Gasteiger charge is 2.34. The van der Waals surface area contributed by atoms with Crippen molar-refractivity contribution in [1.82, 2.24) is 0 Å². The average molecular weight is 330 g/mol. The fraction of sp³-hybridized carbons (Fsp3) is 0.125. The van der Waals surface area contributed by atoms with Crippen molar-refractivity contribution in [3.05, 3.63) is 52.0 Å². The van der Waals surface area contributed by atoms with Crippen LogP contribution in [0.15, 0.2) is 52.0 Å². The lowest BCUT2D eigenvalue weighted by Gasteiger charge is -2.15. The lowest BCUT2D eigenvalue weighted by atomic mass is 10.1. The van der Waals surface area contributed by atoms with E-state index in [9.17, 15) is 9.59 Å². The zero-order valence-electron chi connectivity index (χ0n) is 11.1. The molecule has 100 valence electrons. The molecular formula is C16H12BrNO2. The molecule has 3 rings (SSSR count). The summed E-state index contributed by atoms with van der Waals surface area (Å²) in [5.74, 6) is -0.465. The first-order valence-electron chi connectivity index (χ1n) is 6.24. The van der Waals surface area contributed by atoms with E-state index in [0.717, 1.165) is 15.2 Å². The van der Waals surface area contributed by atoms with Gasteiger partial charge in [-0.15, -0.1) is 0 Å². The average Bonchev–Trinajstić information content (AvgIpc) is 2.63. The molecule has 4 heteroatoms. The van der Waals surface area contributed by atoms with E-state index in [1.807, 2.05) is 30.3 Å². The van der Waals surface area contributed by atoms with E-state index in [2.05, 4.69) is 15.9 Å². The van der Waals surface area contributed by atoms with Gasteiger partial charge in [0, 0.05) is 15.6 Å². The molecule has 0 saturated heterocycles. The lowest BCUT2D eigenvalue weighted by Crippen LogP contribution is -2.31. The predicted molar refractivity (Wildman–Crippen MR) is 82.5 cm³/mol. The molecule has 2 amide bonds. The van der Waals surface area contributed by atoms with E-state index in [4.69, 9.17) is 0 Å². The van der Waals surface area contributed by atoms with Crippen LogP contribution >= 0.6 is 15.9 Å². The fourth-order valence-electron chi connectivity index (χ4n) is 2.33. The van der Waals surface area contributed by atoms with Crippen LogP contribution in [-0.2, 0) is 9.59 Å². The topological polar surface area (TPSA) is 37.4 Å². The van der Waals surface area contributed by atoms with Crippen LogP contribution < -0.4 is 4.90 Å². The van der Waals surface area contributed by atoms with Crippen LogP contribution in [-0.4, -0.2) is 11.8 Å². The van der Waals surface area contributed by atoms with Crippen LogP contribution in [0, 0.1) is 0 Å². The number of hydrogen-bond acceptors (Lipinski definition) is 2. The normalized spacial score (nSPS) is 15.7. The van der Waals surface area contributed by atoms with Gasteiger partial charge in [0.25, 0.3) is 11.8 Å². The summed E-state index contributed by atoms with van der Waals surface area (Å²) < 4.78 is 0.999. The lowest BCUT2D eigenvalue weighted by molar-refractivity contribution is -0.120. The largest absolute Gasteiger partial charge is 0.269 e. The zero-order chi connectivity index (χ0) is 14.4. The van der Waals surface area contributed by atoms with Gasteiger partial charge in [0.1, 0.15) is 0 Å². The third-order valence-electron chi connectivity index (χ3n) is 3.65. The molecule has 0 unspecified atom stereocenters. The maximum Gasteiger partial charge on any atom is 0.261 e. The third-order valence-corrected chi connectivity index (χ3v) is 4.15. The van der Waals surface area contributed by atoms with Gasteiger partial charge in [-0.1, -0.05) is 28.1 Å². The monoisotopic (exact) mass is 329 g/mol. The number of hydrogen-bond donors (Lipinski definition) is 0. The minimum atomic E-state index is -0.232. The Kier molecular flexibility index (Phi) is 2.98. The Bertz CT molecular complexity index is 768. The summed E-state index contributed by atoms with van der Waals surface area (Å²) in [5.41, 5.74) is 1.66. The van der Waals surface area contributed by atoms with Crippen molar-refractivity contribution >= 4 is 44.2 Å². The molecule has 0 aliphatic carbocycles. The quantitative estimate of drug-likeness (QED) is 0.746. The first-order valence-corrected chi connectivity index (χ1v) is 7.04. The molecule has 0 radical (unpaired) electrons. The summed E-state index contributed by atoms with van der Waals surface area (Å²) in [7, 11) is 0. The minimum Gasteiger partial charge on any atom is -0.269 e. The third kappa shape index (κ3) is 1.88. The van der Waals surface area contributed by atoms with Crippen molar-refractivity contribution in [2.24, 2.45) is 0 Å². The molecule has 1 aliphatic heterocycles. The Labute approximate surface area is 125 Å². The van der Waals surface area contributed by atoms with Crippen molar-refractivity contribution in [3.63, 3.8) is 0 Å². The first-order chi connectivity index (χ1) is 9.49. The Morgan fingerprint density at radius 3 is 2.05 bits per heavy atom. The number of carbonyl (C=O) groups excluding carboxylic acids is 2. The van der Waals surface area contributed by atoms with Gasteiger partial charge in [-0.25, -0.2) is 4.90 Å². The SMILES string of the molecule is CC1=C(C)C(=O)N(c2ccc3cc(Br)ccc3c2)C1=O. The van der Waals surface area contributed by atoms with Gasteiger partial charge >= 0.3 is 0 Å². The number of amides is 2. The van der Waals surface area contributed by atoms with Crippen LogP contribution in [0.25, 0.3) is 10.8 Å². The molecule has 0 aromatic heterocycles. The molecule has 0 atom stereocenters. The number of rotatable bonds is 1. The smallest absolute Gasteiger partial charge is 0.261 e. The van der Waals surface area contributed by atoms with Crippen molar-refractivity contribution in [3.8, 4) is 0 Å². The van der Waals surface area contributed by atoms with Gasteiger partial charge in [-0.05, 0) is 48.9 Å². The van der Waals surface area contributed by atoms with E-state index in [0.29, 0.717) is 16.8 Å². The molecule has 0 bridgehead atoms. The zero-order valence-corrected chi connectivity index (χ0v) is 12.7. The van der Waals surface area contributed by atoms with Crippen LogP contribution in [0.1, 0.15) is 13.8 Å². The summed E-state index contributed by atoms with van der Waals surface area (Å²) in [6.07, 6.45) is 0.